The number of aliphatic hydroxyl groups excluding tert-OH is 1. The fourth-order valence-electron chi connectivity index (χ4n) is 1.96. The zero-order valence-electron chi connectivity index (χ0n) is 11.7. The van der Waals surface area contributed by atoms with Gasteiger partial charge in [0.2, 0.25) is 5.91 Å². The van der Waals surface area contributed by atoms with Crippen molar-refractivity contribution in [2.24, 2.45) is 5.92 Å². The first-order valence-electron chi connectivity index (χ1n) is 6.91. The molecule has 0 saturated heterocycles. The monoisotopic (exact) mass is 279 g/mol. The molecule has 0 unspecified atom stereocenters. The van der Waals surface area contributed by atoms with Crippen LogP contribution in [-0.2, 0) is 4.79 Å². The van der Waals surface area contributed by atoms with Gasteiger partial charge in [-0.05, 0) is 37.1 Å². The van der Waals surface area contributed by atoms with Crippen molar-refractivity contribution in [3.05, 3.63) is 24.3 Å². The number of aliphatic hydroxyl groups is 1. The maximum atomic E-state index is 11.6. The Morgan fingerprint density at radius 3 is 2.55 bits per heavy atom. The topological polar surface area (TPSA) is 67.8 Å². The molecule has 5 nitrogen and oxygen atoms in total. The van der Waals surface area contributed by atoms with Gasteiger partial charge in [-0.25, -0.2) is 0 Å². The second-order valence-electron chi connectivity index (χ2n) is 5.01. The Morgan fingerprint density at radius 2 is 2.00 bits per heavy atom. The number of ether oxygens (including phenoxy) is 2. The summed E-state index contributed by atoms with van der Waals surface area (Å²) in [5.41, 5.74) is 0. The van der Waals surface area contributed by atoms with Crippen LogP contribution in [-0.4, -0.2) is 37.4 Å². The highest BCUT2D eigenvalue weighted by molar-refractivity contribution is 5.79. The van der Waals surface area contributed by atoms with Crippen molar-refractivity contribution < 1.29 is 19.4 Å². The Labute approximate surface area is 118 Å². The molecular weight excluding hydrogens is 258 g/mol. The molecule has 110 valence electrons. The van der Waals surface area contributed by atoms with Crippen LogP contribution < -0.4 is 14.8 Å². The number of carbonyl (C=O) groups is 1. The van der Waals surface area contributed by atoms with Gasteiger partial charge in [-0.3, -0.25) is 4.79 Å². The molecule has 1 aromatic rings. The van der Waals surface area contributed by atoms with Crippen LogP contribution in [0.5, 0.6) is 11.5 Å². The van der Waals surface area contributed by atoms with Gasteiger partial charge in [0.15, 0.2) is 0 Å². The van der Waals surface area contributed by atoms with E-state index in [0.29, 0.717) is 5.75 Å². The van der Waals surface area contributed by atoms with E-state index in [2.05, 4.69) is 5.32 Å². The van der Waals surface area contributed by atoms with Crippen molar-refractivity contribution in [1.29, 1.82) is 0 Å². The molecule has 0 spiro atoms. The van der Waals surface area contributed by atoms with E-state index in [1.807, 2.05) is 0 Å². The summed E-state index contributed by atoms with van der Waals surface area (Å²) in [5.74, 6) is 1.60. The summed E-state index contributed by atoms with van der Waals surface area (Å²) in [5, 5.41) is 12.5. The van der Waals surface area contributed by atoms with Crippen molar-refractivity contribution in [1.82, 2.24) is 5.32 Å². The molecule has 1 amide bonds. The van der Waals surface area contributed by atoms with E-state index >= 15 is 0 Å². The summed E-state index contributed by atoms with van der Waals surface area (Å²) in [6, 6.07) is 7.14. The standard InChI is InChI=1S/C15H21NO4/c1-19-13-5-7-14(8-6-13)20-10-12(17)9-16-15(18)11-3-2-4-11/h5-8,11-12,17H,2-4,9-10H2,1H3,(H,16,18)/t12-/m0/s1. The number of hydrogen-bond donors (Lipinski definition) is 2. The van der Waals surface area contributed by atoms with Crippen LogP contribution in [0.15, 0.2) is 24.3 Å². The maximum Gasteiger partial charge on any atom is 0.223 e. The first kappa shape index (κ1) is 14.7. The lowest BCUT2D eigenvalue weighted by atomic mass is 9.85. The molecule has 1 saturated carbocycles. The van der Waals surface area contributed by atoms with Crippen LogP contribution in [0, 0.1) is 5.92 Å². The molecule has 2 N–H and O–H groups in total. The van der Waals surface area contributed by atoms with Gasteiger partial charge in [-0.15, -0.1) is 0 Å². The van der Waals surface area contributed by atoms with Crippen LogP contribution in [0.1, 0.15) is 19.3 Å². The quantitative estimate of drug-likeness (QED) is 0.790. The van der Waals surface area contributed by atoms with Gasteiger partial charge in [-0.2, -0.15) is 0 Å². The van der Waals surface area contributed by atoms with E-state index in [4.69, 9.17) is 9.47 Å². The molecule has 1 aliphatic rings. The number of amides is 1. The molecule has 2 rings (SSSR count). The molecule has 1 aliphatic carbocycles. The van der Waals surface area contributed by atoms with Gasteiger partial charge in [0, 0.05) is 12.5 Å². The summed E-state index contributed by atoms with van der Waals surface area (Å²) >= 11 is 0. The van der Waals surface area contributed by atoms with Crippen molar-refractivity contribution in [2.45, 2.75) is 25.4 Å². The van der Waals surface area contributed by atoms with Gasteiger partial charge >= 0.3 is 0 Å². The maximum absolute atomic E-state index is 11.6. The van der Waals surface area contributed by atoms with Crippen molar-refractivity contribution in [2.75, 3.05) is 20.3 Å². The number of methoxy groups -OCH3 is 1. The smallest absolute Gasteiger partial charge is 0.223 e. The average molecular weight is 279 g/mol. The Kier molecular flexibility index (Phi) is 5.24. The van der Waals surface area contributed by atoms with Crippen LogP contribution in [0.3, 0.4) is 0 Å². The summed E-state index contributed by atoms with van der Waals surface area (Å²) in [4.78, 5) is 11.6. The van der Waals surface area contributed by atoms with Crippen LogP contribution >= 0.6 is 0 Å². The van der Waals surface area contributed by atoms with Crippen LogP contribution in [0.2, 0.25) is 0 Å². The molecule has 5 heteroatoms. The molecule has 20 heavy (non-hydrogen) atoms. The first-order valence-corrected chi connectivity index (χ1v) is 6.91. The fourth-order valence-corrected chi connectivity index (χ4v) is 1.96. The number of benzene rings is 1. The zero-order chi connectivity index (χ0) is 14.4. The lowest BCUT2D eigenvalue weighted by Crippen LogP contribution is -2.40. The van der Waals surface area contributed by atoms with Gasteiger partial charge in [0.05, 0.1) is 7.11 Å². The predicted molar refractivity (Wildman–Crippen MR) is 74.8 cm³/mol. The van der Waals surface area contributed by atoms with E-state index in [9.17, 15) is 9.90 Å². The molecule has 1 atom stereocenters. The minimum atomic E-state index is -0.707. The highest BCUT2D eigenvalue weighted by atomic mass is 16.5. The Hall–Kier alpha value is -1.75. The van der Waals surface area contributed by atoms with E-state index < -0.39 is 6.10 Å². The van der Waals surface area contributed by atoms with Crippen LogP contribution in [0.25, 0.3) is 0 Å². The molecule has 0 bridgehead atoms. The average Bonchev–Trinajstić information content (AvgIpc) is 2.41. The number of nitrogens with one attached hydrogen (secondary N) is 1. The largest absolute Gasteiger partial charge is 0.497 e. The number of hydrogen-bond acceptors (Lipinski definition) is 4. The third-order valence-corrected chi connectivity index (χ3v) is 3.49. The van der Waals surface area contributed by atoms with Gasteiger partial charge in [-0.1, -0.05) is 6.42 Å². The van der Waals surface area contributed by atoms with Crippen molar-refractivity contribution in [3.8, 4) is 11.5 Å². The van der Waals surface area contributed by atoms with E-state index in [-0.39, 0.29) is 25.0 Å². The Morgan fingerprint density at radius 1 is 1.35 bits per heavy atom. The summed E-state index contributed by atoms with van der Waals surface area (Å²) < 4.78 is 10.5. The minimum Gasteiger partial charge on any atom is -0.497 e. The zero-order valence-corrected chi connectivity index (χ0v) is 11.7. The highest BCUT2D eigenvalue weighted by Crippen LogP contribution is 2.26. The molecule has 0 heterocycles. The van der Waals surface area contributed by atoms with Crippen molar-refractivity contribution >= 4 is 5.91 Å². The highest BCUT2D eigenvalue weighted by Gasteiger charge is 2.25. The fraction of sp³-hybridized carbons (Fsp3) is 0.533. The minimum absolute atomic E-state index is 0.0414. The van der Waals surface area contributed by atoms with E-state index in [1.54, 1.807) is 31.4 Å². The number of carbonyl (C=O) groups excluding carboxylic acids is 1. The van der Waals surface area contributed by atoms with E-state index in [0.717, 1.165) is 25.0 Å². The molecular formula is C15H21NO4. The summed E-state index contributed by atoms with van der Waals surface area (Å²) in [7, 11) is 1.60. The normalized spacial score (nSPS) is 16.1. The first-order chi connectivity index (χ1) is 9.69. The lowest BCUT2D eigenvalue weighted by molar-refractivity contribution is -0.127. The Bertz CT molecular complexity index is 428. The van der Waals surface area contributed by atoms with Gasteiger partial charge in [0.1, 0.15) is 24.2 Å². The molecule has 0 aromatic heterocycles. The third-order valence-electron chi connectivity index (χ3n) is 3.49. The van der Waals surface area contributed by atoms with Gasteiger partial charge < -0.3 is 19.9 Å². The summed E-state index contributed by atoms with van der Waals surface area (Å²) in [6.45, 7) is 0.378. The molecule has 0 radical (unpaired) electrons. The predicted octanol–water partition coefficient (Wildman–Crippen LogP) is 1.35. The Balaban J connectivity index is 1.65. The van der Waals surface area contributed by atoms with Crippen molar-refractivity contribution in [3.63, 3.8) is 0 Å². The van der Waals surface area contributed by atoms with Gasteiger partial charge in [0.25, 0.3) is 0 Å². The van der Waals surface area contributed by atoms with Crippen LogP contribution in [0.4, 0.5) is 0 Å². The third kappa shape index (κ3) is 4.13. The molecule has 0 aliphatic heterocycles. The molecule has 1 fully saturated rings. The lowest BCUT2D eigenvalue weighted by Gasteiger charge is -2.24. The molecule has 1 aromatic carbocycles. The SMILES string of the molecule is COc1ccc(OC[C@@H](O)CNC(=O)C2CCC2)cc1. The second-order valence-corrected chi connectivity index (χ2v) is 5.01. The second kappa shape index (κ2) is 7.14. The number of rotatable bonds is 7. The summed E-state index contributed by atoms with van der Waals surface area (Å²) in [6.07, 6.45) is 2.34. The van der Waals surface area contributed by atoms with E-state index in [1.165, 1.54) is 0 Å².